The molecule has 8 nitrogen and oxygen atoms in total. The Morgan fingerprint density at radius 3 is 2.29 bits per heavy atom. The smallest absolute Gasteiger partial charge is 0.416 e. The Balaban J connectivity index is 2.37. The normalized spacial score (nSPS) is 13.8. The number of nitrogens with zero attached hydrogens (tertiary/aromatic N) is 1. The third-order valence-electron chi connectivity index (χ3n) is 4.48. The molecule has 2 aromatic rings. The summed E-state index contributed by atoms with van der Waals surface area (Å²) in [5.74, 6) is -0.856. The van der Waals surface area contributed by atoms with Gasteiger partial charge in [-0.2, -0.15) is 13.2 Å². The molecular weight excluding hydrogens is 502 g/mol. The van der Waals surface area contributed by atoms with E-state index < -0.39 is 47.9 Å². The molecule has 0 aliphatic carbocycles. The van der Waals surface area contributed by atoms with Crippen LogP contribution in [0.15, 0.2) is 36.4 Å². The van der Waals surface area contributed by atoms with Crippen molar-refractivity contribution in [1.82, 2.24) is 0 Å². The van der Waals surface area contributed by atoms with Crippen molar-refractivity contribution in [2.75, 3.05) is 13.0 Å². The molecule has 0 saturated carbocycles. The topological polar surface area (TPSA) is 105 Å². The number of alkyl halides is 3. The van der Waals surface area contributed by atoms with E-state index in [0.717, 1.165) is 24.3 Å². The maximum atomic E-state index is 13.4. The number of hydrogen-bond acceptors (Lipinski definition) is 7. The van der Waals surface area contributed by atoms with Crippen molar-refractivity contribution in [3.05, 3.63) is 57.1 Å². The first kappa shape index (κ1) is 27.6. The minimum absolute atomic E-state index is 0.0776. The molecule has 0 fully saturated rings. The van der Waals surface area contributed by atoms with Gasteiger partial charge in [-0.3, -0.25) is 24.0 Å². The van der Waals surface area contributed by atoms with Crippen LogP contribution in [-0.4, -0.2) is 23.8 Å². The van der Waals surface area contributed by atoms with Gasteiger partial charge in [-0.15, -0.1) is 0 Å². The van der Waals surface area contributed by atoms with Crippen molar-refractivity contribution in [3.63, 3.8) is 0 Å². The van der Waals surface area contributed by atoms with Crippen molar-refractivity contribution in [2.24, 2.45) is 5.41 Å². The predicted molar refractivity (Wildman–Crippen MR) is 119 cm³/mol. The minimum atomic E-state index is -4.61. The number of benzene rings is 2. The van der Waals surface area contributed by atoms with E-state index in [2.05, 4.69) is 0 Å². The first-order valence-electron chi connectivity index (χ1n) is 9.83. The van der Waals surface area contributed by atoms with Gasteiger partial charge in [0, 0.05) is 18.3 Å². The minimum Gasteiger partial charge on any atom is -0.456 e. The Labute approximate surface area is 198 Å². The molecule has 0 aliphatic heterocycles. The summed E-state index contributed by atoms with van der Waals surface area (Å²) in [6, 6.07) is 5.71. The van der Waals surface area contributed by atoms with Crippen LogP contribution in [0.25, 0.3) is 0 Å². The van der Waals surface area contributed by atoms with E-state index in [-0.39, 0.29) is 28.0 Å². The van der Waals surface area contributed by atoms with Crippen LogP contribution in [0, 0.1) is 15.5 Å². The maximum absolute atomic E-state index is 13.4. The zero-order chi connectivity index (χ0) is 25.9. The zero-order valence-electron chi connectivity index (χ0n) is 18.6. The number of rotatable bonds is 8. The molecule has 0 spiro atoms. The van der Waals surface area contributed by atoms with E-state index in [4.69, 9.17) is 25.6 Å². The molecule has 0 N–H and O–H groups in total. The fourth-order valence-electron chi connectivity index (χ4n) is 2.59. The Morgan fingerprint density at radius 1 is 1.15 bits per heavy atom. The van der Waals surface area contributed by atoms with Gasteiger partial charge in [-0.1, -0.05) is 18.5 Å². The number of carbonyl (C=O) groups excluding carboxylic acids is 1. The number of esters is 1. The summed E-state index contributed by atoms with van der Waals surface area (Å²) in [5, 5.41) is 10.9. The largest absolute Gasteiger partial charge is 0.456 e. The molecule has 1 atom stereocenters. The van der Waals surface area contributed by atoms with E-state index >= 15 is 0 Å². The molecule has 2 aromatic carbocycles. The molecule has 34 heavy (non-hydrogen) atoms. The summed E-state index contributed by atoms with van der Waals surface area (Å²) in [4.78, 5) is 22.7. The van der Waals surface area contributed by atoms with Crippen LogP contribution in [0.2, 0.25) is 5.02 Å². The lowest BCUT2D eigenvalue weighted by Crippen LogP contribution is -2.24. The number of ether oxygens (including phenoxy) is 2. The first-order valence-corrected chi connectivity index (χ1v) is 12.0. The van der Waals surface area contributed by atoms with Gasteiger partial charge in [0.05, 0.1) is 20.9 Å². The van der Waals surface area contributed by atoms with Gasteiger partial charge in [0.25, 0.3) is 5.69 Å². The van der Waals surface area contributed by atoms with E-state index in [9.17, 15) is 32.6 Å². The molecule has 0 radical (unpaired) electrons. The van der Waals surface area contributed by atoms with Crippen molar-refractivity contribution in [3.8, 4) is 11.5 Å². The van der Waals surface area contributed by atoms with Crippen molar-refractivity contribution >= 4 is 35.9 Å². The third-order valence-corrected chi connectivity index (χ3v) is 7.22. The van der Waals surface area contributed by atoms with Crippen LogP contribution in [0.4, 0.5) is 18.9 Å². The molecule has 13 heteroatoms. The molecule has 186 valence electrons. The highest BCUT2D eigenvalue weighted by molar-refractivity contribution is 7.67. The van der Waals surface area contributed by atoms with Crippen molar-refractivity contribution < 1.29 is 41.5 Å². The van der Waals surface area contributed by atoms with E-state index in [0.29, 0.717) is 6.07 Å². The van der Waals surface area contributed by atoms with Gasteiger partial charge in [-0.05, 0) is 45.0 Å². The van der Waals surface area contributed by atoms with Gasteiger partial charge >= 0.3 is 12.1 Å². The van der Waals surface area contributed by atoms with E-state index in [1.54, 1.807) is 20.8 Å². The second kappa shape index (κ2) is 10.3. The van der Waals surface area contributed by atoms with E-state index in [1.807, 2.05) is 0 Å². The summed E-state index contributed by atoms with van der Waals surface area (Å²) in [6.45, 7) is 5.58. The zero-order valence-corrected chi connectivity index (χ0v) is 20.3. The lowest BCUT2D eigenvalue weighted by molar-refractivity contribution is -0.383. The Kier molecular flexibility index (Phi) is 8.39. The second-order valence-corrected chi connectivity index (χ2v) is 11.2. The molecule has 0 heterocycles. The summed E-state index contributed by atoms with van der Waals surface area (Å²) in [6.07, 6.45) is -4.78. The van der Waals surface area contributed by atoms with Crippen LogP contribution in [0.1, 0.15) is 33.3 Å². The SMILES string of the molecule is CCP(=O)(OCOC(=O)C(C)(C)C)c1cc(Oc2ccc(C(F)(F)F)cc2Cl)ccc1[N+](=O)[O-]. The van der Waals surface area contributed by atoms with Crippen LogP contribution < -0.4 is 10.0 Å². The molecule has 2 rings (SSSR count). The quantitative estimate of drug-likeness (QED) is 0.127. The average molecular weight is 524 g/mol. The highest BCUT2D eigenvalue weighted by atomic mass is 35.5. The fourth-order valence-corrected chi connectivity index (χ4v) is 4.53. The first-order chi connectivity index (χ1) is 15.6. The summed E-state index contributed by atoms with van der Waals surface area (Å²) in [5.41, 5.74) is -2.36. The van der Waals surface area contributed by atoms with Gasteiger partial charge < -0.3 is 9.47 Å². The molecular formula is C21H22ClF3NO7P. The molecule has 0 bridgehead atoms. The lowest BCUT2D eigenvalue weighted by atomic mass is 9.98. The molecule has 1 unspecified atom stereocenters. The number of nitro benzene ring substituents is 1. The van der Waals surface area contributed by atoms with E-state index in [1.165, 1.54) is 13.0 Å². The Hall–Kier alpha value is -2.62. The van der Waals surface area contributed by atoms with Gasteiger partial charge in [0.1, 0.15) is 16.8 Å². The number of carbonyl (C=O) groups is 1. The monoisotopic (exact) mass is 523 g/mol. The summed E-state index contributed by atoms with van der Waals surface area (Å²) < 4.78 is 67.7. The number of nitro groups is 1. The van der Waals surface area contributed by atoms with Crippen LogP contribution in [0.5, 0.6) is 11.5 Å². The van der Waals surface area contributed by atoms with Crippen molar-refractivity contribution in [1.29, 1.82) is 0 Å². The predicted octanol–water partition coefficient (Wildman–Crippen LogP) is 6.55. The lowest BCUT2D eigenvalue weighted by Gasteiger charge is -2.20. The summed E-state index contributed by atoms with van der Waals surface area (Å²) in [7, 11) is -3.91. The number of hydrogen-bond donors (Lipinski definition) is 0. The van der Waals surface area contributed by atoms with Gasteiger partial charge in [-0.25, -0.2) is 0 Å². The maximum Gasteiger partial charge on any atom is 0.416 e. The van der Waals surface area contributed by atoms with Crippen LogP contribution >= 0.6 is 19.0 Å². The highest BCUT2D eigenvalue weighted by Gasteiger charge is 2.34. The average Bonchev–Trinajstić information content (AvgIpc) is 2.73. The highest BCUT2D eigenvalue weighted by Crippen LogP contribution is 2.49. The van der Waals surface area contributed by atoms with Crippen molar-refractivity contribution in [2.45, 2.75) is 33.9 Å². The third kappa shape index (κ3) is 6.71. The fraction of sp³-hybridized carbons (Fsp3) is 0.381. The van der Waals surface area contributed by atoms with Gasteiger partial charge in [0.15, 0.2) is 6.79 Å². The van der Waals surface area contributed by atoms with Gasteiger partial charge in [0.2, 0.25) is 7.37 Å². The molecule has 0 amide bonds. The Morgan fingerprint density at radius 2 is 1.79 bits per heavy atom. The van der Waals surface area contributed by atoms with Crippen LogP contribution in [0.3, 0.4) is 0 Å². The standard InChI is InChI=1S/C21H22ClF3NO7P/c1-5-34(30,32-12-31-19(27)20(2,3)4)18-11-14(7-8-16(18)26(28)29)33-17-9-6-13(10-15(17)22)21(23,24)25/h6-11H,5,12H2,1-4H3. The molecule has 0 saturated heterocycles. The number of halogens is 4. The summed E-state index contributed by atoms with van der Waals surface area (Å²) >= 11 is 5.90. The van der Waals surface area contributed by atoms with Crippen LogP contribution in [-0.2, 0) is 24.8 Å². The second-order valence-electron chi connectivity index (χ2n) is 8.07. The molecule has 0 aromatic heterocycles. The molecule has 0 aliphatic rings. The Bertz CT molecular complexity index is 1130.